The second kappa shape index (κ2) is 6.52. The number of benzene rings is 2. The van der Waals surface area contributed by atoms with Gasteiger partial charge in [0.05, 0.1) is 5.69 Å². The van der Waals surface area contributed by atoms with Gasteiger partial charge in [0.2, 0.25) is 5.65 Å². The molecule has 4 aromatic rings. The maximum Gasteiger partial charge on any atom is 0.300 e. The van der Waals surface area contributed by atoms with Gasteiger partial charge in [-0.25, -0.2) is 4.39 Å². The largest absolute Gasteiger partial charge is 0.300 e. The van der Waals surface area contributed by atoms with E-state index in [1.807, 2.05) is 30.3 Å². The molecule has 0 atom stereocenters. The first kappa shape index (κ1) is 15.6. The molecular weight excluding hydrogens is 339 g/mol. The molecule has 2 heterocycles. The third-order valence-electron chi connectivity index (χ3n) is 3.74. The molecule has 0 fully saturated rings. The molecule has 0 bridgehead atoms. The SMILES string of the molecule is O=c1c2nnc(SCc3ccccc3)n2ccn1-c1cccc(F)c1. The first-order chi connectivity index (χ1) is 12.2. The Balaban J connectivity index is 1.69. The zero-order chi connectivity index (χ0) is 17.2. The number of hydrogen-bond acceptors (Lipinski definition) is 4. The molecule has 0 saturated carbocycles. The number of rotatable bonds is 4. The molecule has 2 aromatic carbocycles. The Morgan fingerprint density at radius 2 is 1.84 bits per heavy atom. The molecule has 25 heavy (non-hydrogen) atoms. The van der Waals surface area contributed by atoms with E-state index in [4.69, 9.17) is 0 Å². The summed E-state index contributed by atoms with van der Waals surface area (Å²) in [5, 5.41) is 8.76. The van der Waals surface area contributed by atoms with Crippen molar-refractivity contribution in [1.29, 1.82) is 0 Å². The molecule has 4 rings (SSSR count). The first-order valence-electron chi connectivity index (χ1n) is 7.61. The smallest absolute Gasteiger partial charge is 0.279 e. The van der Waals surface area contributed by atoms with Crippen molar-refractivity contribution in [2.24, 2.45) is 0 Å². The average Bonchev–Trinajstić information content (AvgIpc) is 3.05. The van der Waals surface area contributed by atoms with E-state index in [1.165, 1.54) is 28.5 Å². The molecule has 0 radical (unpaired) electrons. The Labute approximate surface area is 146 Å². The summed E-state index contributed by atoms with van der Waals surface area (Å²) in [6, 6.07) is 15.9. The number of thioether (sulfide) groups is 1. The van der Waals surface area contributed by atoms with Gasteiger partial charge in [0, 0.05) is 18.1 Å². The molecule has 0 aliphatic heterocycles. The lowest BCUT2D eigenvalue weighted by Crippen LogP contribution is -2.20. The van der Waals surface area contributed by atoms with E-state index in [0.29, 0.717) is 10.8 Å². The van der Waals surface area contributed by atoms with Crippen LogP contribution in [0.1, 0.15) is 5.56 Å². The van der Waals surface area contributed by atoms with Gasteiger partial charge in [-0.05, 0) is 23.8 Å². The predicted octanol–water partition coefficient (Wildman–Crippen LogP) is 3.31. The van der Waals surface area contributed by atoms with E-state index in [-0.39, 0.29) is 11.2 Å². The van der Waals surface area contributed by atoms with E-state index < -0.39 is 5.82 Å². The summed E-state index contributed by atoms with van der Waals surface area (Å²) in [6.45, 7) is 0. The highest BCUT2D eigenvalue weighted by Crippen LogP contribution is 2.21. The van der Waals surface area contributed by atoms with Crippen LogP contribution in [0.25, 0.3) is 11.3 Å². The highest BCUT2D eigenvalue weighted by atomic mass is 32.2. The predicted molar refractivity (Wildman–Crippen MR) is 94.5 cm³/mol. The molecule has 0 saturated heterocycles. The lowest BCUT2D eigenvalue weighted by Gasteiger charge is -2.06. The number of hydrogen-bond donors (Lipinski definition) is 0. The van der Waals surface area contributed by atoms with Gasteiger partial charge < -0.3 is 0 Å². The number of fused-ring (bicyclic) bond motifs is 1. The van der Waals surface area contributed by atoms with E-state index in [9.17, 15) is 9.18 Å². The Morgan fingerprint density at radius 1 is 1.00 bits per heavy atom. The third-order valence-corrected chi connectivity index (χ3v) is 4.75. The summed E-state index contributed by atoms with van der Waals surface area (Å²) in [5.41, 5.74) is 1.49. The van der Waals surface area contributed by atoms with Crippen molar-refractivity contribution in [2.45, 2.75) is 10.9 Å². The minimum atomic E-state index is -0.398. The van der Waals surface area contributed by atoms with Gasteiger partial charge in [-0.15, -0.1) is 10.2 Å². The minimum Gasteiger partial charge on any atom is -0.279 e. The van der Waals surface area contributed by atoms with Gasteiger partial charge in [-0.2, -0.15) is 0 Å². The highest BCUT2D eigenvalue weighted by Gasteiger charge is 2.12. The fraction of sp³-hybridized carbons (Fsp3) is 0.0556. The Hall–Kier alpha value is -2.93. The van der Waals surface area contributed by atoms with Crippen LogP contribution in [-0.4, -0.2) is 19.2 Å². The van der Waals surface area contributed by atoms with Crippen molar-refractivity contribution in [2.75, 3.05) is 0 Å². The summed E-state index contributed by atoms with van der Waals surface area (Å²) < 4.78 is 16.4. The second-order valence-electron chi connectivity index (χ2n) is 5.40. The van der Waals surface area contributed by atoms with Crippen molar-refractivity contribution in [3.8, 4) is 5.69 Å². The van der Waals surface area contributed by atoms with Crippen LogP contribution in [0.4, 0.5) is 4.39 Å². The van der Waals surface area contributed by atoms with Crippen molar-refractivity contribution in [1.82, 2.24) is 19.2 Å². The molecule has 0 aliphatic rings. The summed E-state index contributed by atoms with van der Waals surface area (Å²) >= 11 is 1.50. The molecule has 124 valence electrons. The number of nitrogens with zero attached hydrogens (tertiary/aromatic N) is 4. The van der Waals surface area contributed by atoms with Crippen LogP contribution >= 0.6 is 11.8 Å². The normalized spacial score (nSPS) is 11.1. The monoisotopic (exact) mass is 352 g/mol. The second-order valence-corrected chi connectivity index (χ2v) is 6.35. The quantitative estimate of drug-likeness (QED) is 0.529. The van der Waals surface area contributed by atoms with Crippen LogP contribution in [0, 0.1) is 5.82 Å². The maximum absolute atomic E-state index is 13.4. The lowest BCUT2D eigenvalue weighted by atomic mass is 10.2. The average molecular weight is 352 g/mol. The van der Waals surface area contributed by atoms with E-state index in [2.05, 4.69) is 10.2 Å². The Kier molecular flexibility index (Phi) is 4.07. The van der Waals surface area contributed by atoms with Gasteiger partial charge in [-0.1, -0.05) is 48.2 Å². The highest BCUT2D eigenvalue weighted by molar-refractivity contribution is 7.98. The fourth-order valence-electron chi connectivity index (χ4n) is 2.52. The molecule has 0 unspecified atom stereocenters. The third kappa shape index (κ3) is 3.06. The van der Waals surface area contributed by atoms with Crippen molar-refractivity contribution in [3.63, 3.8) is 0 Å². The molecule has 7 heteroatoms. The van der Waals surface area contributed by atoms with Gasteiger partial charge in [0.15, 0.2) is 5.16 Å². The van der Waals surface area contributed by atoms with Crippen molar-refractivity contribution in [3.05, 3.63) is 88.7 Å². The summed E-state index contributed by atoms with van der Waals surface area (Å²) in [7, 11) is 0. The first-order valence-corrected chi connectivity index (χ1v) is 8.60. The maximum atomic E-state index is 13.4. The molecule has 0 amide bonds. The zero-order valence-electron chi connectivity index (χ0n) is 13.0. The van der Waals surface area contributed by atoms with Gasteiger partial charge >= 0.3 is 5.56 Å². The van der Waals surface area contributed by atoms with Gasteiger partial charge in [-0.3, -0.25) is 13.8 Å². The Morgan fingerprint density at radius 3 is 2.64 bits per heavy atom. The standard InChI is InChI=1S/C18H13FN4OS/c19-14-7-4-8-15(11-14)22-9-10-23-16(17(22)24)20-21-18(23)25-12-13-5-2-1-3-6-13/h1-11H,12H2. The van der Waals surface area contributed by atoms with Crippen LogP contribution < -0.4 is 5.56 Å². The van der Waals surface area contributed by atoms with Crippen molar-refractivity contribution < 1.29 is 4.39 Å². The summed E-state index contributed by atoms with van der Waals surface area (Å²) in [5.74, 6) is 0.332. The van der Waals surface area contributed by atoms with Gasteiger partial charge in [0.25, 0.3) is 0 Å². The molecule has 0 N–H and O–H groups in total. The molecule has 0 spiro atoms. The Bertz CT molecular complexity index is 1090. The zero-order valence-corrected chi connectivity index (χ0v) is 13.9. The number of halogens is 1. The van der Waals surface area contributed by atoms with Crippen LogP contribution in [-0.2, 0) is 5.75 Å². The summed E-state index contributed by atoms with van der Waals surface area (Å²) in [4.78, 5) is 12.6. The van der Waals surface area contributed by atoms with E-state index in [1.54, 1.807) is 28.9 Å². The molecule has 2 aromatic heterocycles. The topological polar surface area (TPSA) is 52.2 Å². The van der Waals surface area contributed by atoms with Crippen LogP contribution in [0.15, 0.2) is 76.9 Å². The molecular formula is C18H13FN4OS. The van der Waals surface area contributed by atoms with Crippen LogP contribution in [0.2, 0.25) is 0 Å². The van der Waals surface area contributed by atoms with E-state index >= 15 is 0 Å². The number of aromatic nitrogens is 4. The van der Waals surface area contributed by atoms with Crippen molar-refractivity contribution >= 4 is 17.4 Å². The van der Waals surface area contributed by atoms with E-state index in [0.717, 1.165) is 11.3 Å². The summed E-state index contributed by atoms with van der Waals surface area (Å²) in [6.07, 6.45) is 3.31. The molecule has 0 aliphatic carbocycles. The van der Waals surface area contributed by atoms with Crippen LogP contribution in [0.5, 0.6) is 0 Å². The fourth-order valence-corrected chi connectivity index (χ4v) is 3.39. The lowest BCUT2D eigenvalue weighted by molar-refractivity contribution is 0.626. The molecule has 5 nitrogen and oxygen atoms in total. The minimum absolute atomic E-state index is 0.210. The van der Waals surface area contributed by atoms with Crippen LogP contribution in [0.3, 0.4) is 0 Å². The van der Waals surface area contributed by atoms with Gasteiger partial charge in [0.1, 0.15) is 5.82 Å².